The molecule has 0 unspecified atom stereocenters. The summed E-state index contributed by atoms with van der Waals surface area (Å²) in [5, 5.41) is 9.04. The predicted octanol–water partition coefficient (Wildman–Crippen LogP) is 3.23. The number of hydrogen-bond donors (Lipinski definition) is 1. The van der Waals surface area contributed by atoms with E-state index in [1.807, 2.05) is 32.9 Å². The molecule has 0 aliphatic carbocycles. The Hall–Kier alpha value is -2.02. The Kier molecular flexibility index (Phi) is 4.55. The molecular formula is C15H20N2O2. The average molecular weight is 260 g/mol. The van der Waals surface area contributed by atoms with Gasteiger partial charge in [-0.15, -0.1) is 0 Å². The number of rotatable bonds is 4. The lowest BCUT2D eigenvalue weighted by atomic mass is 9.86. The molecule has 102 valence electrons. The van der Waals surface area contributed by atoms with Crippen molar-refractivity contribution in [3.8, 4) is 6.07 Å². The second kappa shape index (κ2) is 5.75. The van der Waals surface area contributed by atoms with E-state index in [9.17, 15) is 4.79 Å². The van der Waals surface area contributed by atoms with Gasteiger partial charge in [0.15, 0.2) is 0 Å². The SMILES string of the molecule is Cc1c(C#N)cccc1[C@H](C)CC(C)(C)OC(N)=O. The van der Waals surface area contributed by atoms with Gasteiger partial charge in [0.1, 0.15) is 5.60 Å². The fraction of sp³-hybridized carbons (Fsp3) is 0.467. The molecule has 0 spiro atoms. The number of hydrogen-bond acceptors (Lipinski definition) is 3. The molecule has 1 aromatic rings. The molecule has 0 heterocycles. The van der Waals surface area contributed by atoms with Crippen LogP contribution in [0.5, 0.6) is 0 Å². The summed E-state index contributed by atoms with van der Waals surface area (Å²) in [5.41, 5.74) is 7.19. The minimum Gasteiger partial charge on any atom is -0.444 e. The number of amides is 1. The molecule has 4 heteroatoms. The van der Waals surface area contributed by atoms with Crippen LogP contribution in [0.15, 0.2) is 18.2 Å². The van der Waals surface area contributed by atoms with Crippen LogP contribution in [0.1, 0.15) is 49.8 Å². The van der Waals surface area contributed by atoms with Crippen molar-refractivity contribution < 1.29 is 9.53 Å². The van der Waals surface area contributed by atoms with Crippen LogP contribution in [0.2, 0.25) is 0 Å². The summed E-state index contributed by atoms with van der Waals surface area (Å²) in [7, 11) is 0. The lowest BCUT2D eigenvalue weighted by molar-refractivity contribution is 0.0349. The van der Waals surface area contributed by atoms with Crippen LogP contribution in [-0.4, -0.2) is 11.7 Å². The zero-order chi connectivity index (χ0) is 14.6. The Labute approximate surface area is 114 Å². The van der Waals surface area contributed by atoms with E-state index in [-0.39, 0.29) is 5.92 Å². The number of nitriles is 1. The molecule has 19 heavy (non-hydrogen) atoms. The maximum absolute atomic E-state index is 10.9. The Bertz CT molecular complexity index is 515. The quantitative estimate of drug-likeness (QED) is 0.902. The lowest BCUT2D eigenvalue weighted by Gasteiger charge is -2.28. The van der Waals surface area contributed by atoms with E-state index in [0.29, 0.717) is 12.0 Å². The van der Waals surface area contributed by atoms with Gasteiger partial charge < -0.3 is 10.5 Å². The van der Waals surface area contributed by atoms with Crippen LogP contribution in [0, 0.1) is 18.3 Å². The highest BCUT2D eigenvalue weighted by atomic mass is 16.6. The molecule has 1 aromatic carbocycles. The smallest absolute Gasteiger partial charge is 0.405 e. The first-order valence-corrected chi connectivity index (χ1v) is 6.25. The van der Waals surface area contributed by atoms with Crippen molar-refractivity contribution in [3.63, 3.8) is 0 Å². The van der Waals surface area contributed by atoms with Gasteiger partial charge in [-0.2, -0.15) is 5.26 Å². The Morgan fingerprint density at radius 2 is 2.16 bits per heavy atom. The maximum Gasteiger partial charge on any atom is 0.405 e. The first-order valence-electron chi connectivity index (χ1n) is 6.25. The van der Waals surface area contributed by atoms with Gasteiger partial charge in [-0.1, -0.05) is 19.1 Å². The second-order valence-electron chi connectivity index (χ2n) is 5.42. The summed E-state index contributed by atoms with van der Waals surface area (Å²) in [6.45, 7) is 7.65. The van der Waals surface area contributed by atoms with Crippen LogP contribution in [0.4, 0.5) is 4.79 Å². The van der Waals surface area contributed by atoms with Crippen molar-refractivity contribution >= 4 is 6.09 Å². The summed E-state index contributed by atoms with van der Waals surface area (Å²) in [6, 6.07) is 7.86. The second-order valence-corrected chi connectivity index (χ2v) is 5.42. The summed E-state index contributed by atoms with van der Waals surface area (Å²) < 4.78 is 5.10. The van der Waals surface area contributed by atoms with Gasteiger partial charge >= 0.3 is 6.09 Å². The third kappa shape index (κ3) is 3.99. The van der Waals surface area contributed by atoms with Gasteiger partial charge in [0.05, 0.1) is 11.6 Å². The molecule has 0 fully saturated rings. The predicted molar refractivity (Wildman–Crippen MR) is 73.7 cm³/mol. The molecular weight excluding hydrogens is 240 g/mol. The highest BCUT2D eigenvalue weighted by Gasteiger charge is 2.26. The van der Waals surface area contributed by atoms with Crippen LogP contribution in [0.3, 0.4) is 0 Å². The number of primary amides is 1. The molecule has 0 aliphatic heterocycles. The highest BCUT2D eigenvalue weighted by Crippen LogP contribution is 2.30. The summed E-state index contributed by atoms with van der Waals surface area (Å²) in [4.78, 5) is 10.9. The molecule has 1 amide bonds. The molecule has 0 radical (unpaired) electrons. The van der Waals surface area contributed by atoms with Gasteiger partial charge in [-0.25, -0.2) is 4.79 Å². The monoisotopic (exact) mass is 260 g/mol. The minimum absolute atomic E-state index is 0.169. The number of carbonyl (C=O) groups excluding carboxylic acids is 1. The van der Waals surface area contributed by atoms with E-state index < -0.39 is 11.7 Å². The molecule has 2 N–H and O–H groups in total. The molecule has 0 saturated carbocycles. The molecule has 0 saturated heterocycles. The number of ether oxygens (including phenoxy) is 1. The van der Waals surface area contributed by atoms with E-state index in [4.69, 9.17) is 15.7 Å². The molecule has 1 rings (SSSR count). The van der Waals surface area contributed by atoms with E-state index in [1.54, 1.807) is 6.07 Å². The standard InChI is InChI=1S/C15H20N2O2/c1-10(8-15(3,4)19-14(17)18)13-7-5-6-12(9-16)11(13)2/h5-7,10H,8H2,1-4H3,(H2,17,18)/t10-/m1/s1. The van der Waals surface area contributed by atoms with Crippen molar-refractivity contribution in [2.45, 2.75) is 45.6 Å². The fourth-order valence-electron chi connectivity index (χ4n) is 2.47. The molecule has 0 aromatic heterocycles. The van der Waals surface area contributed by atoms with Crippen molar-refractivity contribution in [2.24, 2.45) is 5.73 Å². The molecule has 0 aliphatic rings. The minimum atomic E-state index is -0.764. The molecule has 4 nitrogen and oxygen atoms in total. The number of nitrogens with zero attached hydrogens (tertiary/aromatic N) is 1. The average Bonchev–Trinajstić information content (AvgIpc) is 2.26. The summed E-state index contributed by atoms with van der Waals surface area (Å²) in [5.74, 6) is 0.169. The zero-order valence-electron chi connectivity index (χ0n) is 11.9. The van der Waals surface area contributed by atoms with Gasteiger partial charge in [0, 0.05) is 0 Å². The van der Waals surface area contributed by atoms with Gasteiger partial charge in [0.25, 0.3) is 0 Å². The van der Waals surface area contributed by atoms with E-state index in [1.165, 1.54) is 0 Å². The van der Waals surface area contributed by atoms with Crippen molar-refractivity contribution in [1.29, 1.82) is 5.26 Å². The van der Waals surface area contributed by atoms with Crippen LogP contribution in [0.25, 0.3) is 0 Å². The van der Waals surface area contributed by atoms with E-state index in [2.05, 4.69) is 13.0 Å². The van der Waals surface area contributed by atoms with E-state index in [0.717, 1.165) is 11.1 Å². The van der Waals surface area contributed by atoms with Gasteiger partial charge in [-0.05, 0) is 50.3 Å². The van der Waals surface area contributed by atoms with E-state index >= 15 is 0 Å². The molecule has 1 atom stereocenters. The summed E-state index contributed by atoms with van der Waals surface area (Å²) >= 11 is 0. The number of nitrogens with two attached hydrogens (primary N) is 1. The fourth-order valence-corrected chi connectivity index (χ4v) is 2.47. The number of carbonyl (C=O) groups is 1. The van der Waals surface area contributed by atoms with Crippen LogP contribution >= 0.6 is 0 Å². The highest BCUT2D eigenvalue weighted by molar-refractivity contribution is 5.65. The Balaban J connectivity index is 2.93. The van der Waals surface area contributed by atoms with Crippen molar-refractivity contribution in [1.82, 2.24) is 0 Å². The Morgan fingerprint density at radius 3 is 2.68 bits per heavy atom. The largest absolute Gasteiger partial charge is 0.444 e. The van der Waals surface area contributed by atoms with Crippen molar-refractivity contribution in [2.75, 3.05) is 0 Å². The topological polar surface area (TPSA) is 76.1 Å². The van der Waals surface area contributed by atoms with Crippen molar-refractivity contribution in [3.05, 3.63) is 34.9 Å². The van der Waals surface area contributed by atoms with Gasteiger partial charge in [-0.3, -0.25) is 0 Å². The Morgan fingerprint density at radius 1 is 1.53 bits per heavy atom. The van der Waals surface area contributed by atoms with Crippen LogP contribution < -0.4 is 5.73 Å². The van der Waals surface area contributed by atoms with Crippen LogP contribution in [-0.2, 0) is 4.74 Å². The zero-order valence-corrected chi connectivity index (χ0v) is 11.9. The maximum atomic E-state index is 10.9. The third-order valence-electron chi connectivity index (χ3n) is 3.20. The third-order valence-corrected chi connectivity index (χ3v) is 3.20. The first kappa shape index (κ1) is 15.0. The first-order chi connectivity index (χ1) is 8.76. The number of benzene rings is 1. The van der Waals surface area contributed by atoms with Gasteiger partial charge in [0.2, 0.25) is 0 Å². The normalized spacial score (nSPS) is 12.6. The molecule has 0 bridgehead atoms. The summed E-state index contributed by atoms with van der Waals surface area (Å²) in [6.07, 6.45) is -0.120. The lowest BCUT2D eigenvalue weighted by Crippen LogP contribution is -2.32.